The molecule has 0 bridgehead atoms. The fraction of sp³-hybridized carbons (Fsp3) is 0.588. The summed E-state index contributed by atoms with van der Waals surface area (Å²) in [5, 5.41) is 8.37. The van der Waals surface area contributed by atoms with Gasteiger partial charge < -0.3 is 9.42 Å². The highest BCUT2D eigenvalue weighted by atomic mass is 16.5. The zero-order chi connectivity index (χ0) is 16.8. The highest BCUT2D eigenvalue weighted by Crippen LogP contribution is 2.34. The van der Waals surface area contributed by atoms with Gasteiger partial charge in [-0.25, -0.2) is 0 Å². The summed E-state index contributed by atoms with van der Waals surface area (Å²) in [7, 11) is 0. The van der Waals surface area contributed by atoms with Crippen molar-refractivity contribution in [1.82, 2.24) is 19.8 Å². The molecule has 0 saturated carbocycles. The van der Waals surface area contributed by atoms with Crippen LogP contribution < -0.4 is 0 Å². The molecule has 0 aliphatic carbocycles. The summed E-state index contributed by atoms with van der Waals surface area (Å²) in [4.78, 5) is 14.9. The first-order chi connectivity index (χ1) is 10.8. The van der Waals surface area contributed by atoms with Gasteiger partial charge >= 0.3 is 0 Å². The minimum absolute atomic E-state index is 0.0227. The van der Waals surface area contributed by atoms with E-state index in [0.717, 1.165) is 36.5 Å². The number of aromatic nitrogens is 3. The highest BCUT2D eigenvalue weighted by Gasteiger charge is 2.35. The molecule has 0 unspecified atom stereocenters. The number of rotatable bonds is 2. The molecule has 3 heterocycles. The number of nitrogens with zero attached hydrogens (tertiary/aromatic N) is 4. The van der Waals surface area contributed by atoms with E-state index in [1.807, 2.05) is 29.5 Å². The Morgan fingerprint density at radius 2 is 2.09 bits per heavy atom. The Kier molecular flexibility index (Phi) is 3.78. The normalized spacial score (nSPS) is 18.7. The van der Waals surface area contributed by atoms with Crippen molar-refractivity contribution in [2.75, 3.05) is 6.54 Å². The smallest absolute Gasteiger partial charge is 0.257 e. The van der Waals surface area contributed by atoms with E-state index >= 15 is 0 Å². The number of aryl methyl sites for hydroxylation is 1. The summed E-state index contributed by atoms with van der Waals surface area (Å²) in [6.07, 6.45) is 3.57. The summed E-state index contributed by atoms with van der Waals surface area (Å²) in [5.74, 6) is 0.795. The zero-order valence-corrected chi connectivity index (χ0v) is 14.5. The molecular weight excluding hydrogens is 292 g/mol. The van der Waals surface area contributed by atoms with Gasteiger partial charge in [0.05, 0.1) is 29.0 Å². The van der Waals surface area contributed by atoms with Gasteiger partial charge in [-0.05, 0) is 47.5 Å². The van der Waals surface area contributed by atoms with E-state index in [1.54, 1.807) is 6.20 Å². The SMILES string of the molecule is Cc1cc([C@H]2CCCN2C(=O)c2cnn(C(C)(C)C)c2C)on1. The van der Waals surface area contributed by atoms with Crippen molar-refractivity contribution in [3.05, 3.63) is 35.0 Å². The number of carbonyl (C=O) groups excluding carboxylic acids is 1. The molecular formula is C17H24N4O2. The first-order valence-electron chi connectivity index (χ1n) is 8.08. The second-order valence-corrected chi connectivity index (χ2v) is 7.25. The van der Waals surface area contributed by atoms with E-state index in [4.69, 9.17) is 4.52 Å². The van der Waals surface area contributed by atoms with E-state index < -0.39 is 0 Å². The predicted octanol–water partition coefficient (Wildman–Crippen LogP) is 3.22. The molecule has 0 radical (unpaired) electrons. The van der Waals surface area contributed by atoms with Gasteiger partial charge in [0.25, 0.3) is 5.91 Å². The van der Waals surface area contributed by atoms with Crippen LogP contribution in [-0.4, -0.2) is 32.3 Å². The van der Waals surface area contributed by atoms with Crippen LogP contribution in [0.1, 0.15) is 67.2 Å². The average Bonchev–Trinajstić information content (AvgIpc) is 3.15. The fourth-order valence-corrected chi connectivity index (χ4v) is 3.30. The number of carbonyl (C=O) groups is 1. The third-order valence-corrected chi connectivity index (χ3v) is 4.36. The third kappa shape index (κ3) is 2.78. The molecule has 0 aromatic carbocycles. The van der Waals surface area contributed by atoms with Gasteiger partial charge in [-0.2, -0.15) is 5.10 Å². The first-order valence-corrected chi connectivity index (χ1v) is 8.08. The molecule has 1 atom stereocenters. The van der Waals surface area contributed by atoms with Crippen LogP contribution in [0.4, 0.5) is 0 Å². The van der Waals surface area contributed by atoms with Crippen molar-refractivity contribution in [1.29, 1.82) is 0 Å². The minimum atomic E-state index is -0.144. The molecule has 1 aliphatic rings. The van der Waals surface area contributed by atoms with Crippen LogP contribution in [0.2, 0.25) is 0 Å². The Bertz CT molecular complexity index is 723. The lowest BCUT2D eigenvalue weighted by Crippen LogP contribution is -2.31. The maximum Gasteiger partial charge on any atom is 0.257 e. The van der Waals surface area contributed by atoms with Crippen molar-refractivity contribution in [3.63, 3.8) is 0 Å². The summed E-state index contributed by atoms with van der Waals surface area (Å²) >= 11 is 0. The van der Waals surface area contributed by atoms with Gasteiger partial charge in [-0.15, -0.1) is 0 Å². The third-order valence-electron chi connectivity index (χ3n) is 4.36. The molecule has 1 saturated heterocycles. The molecule has 2 aromatic heterocycles. The average molecular weight is 316 g/mol. The van der Waals surface area contributed by atoms with Crippen LogP contribution >= 0.6 is 0 Å². The lowest BCUT2D eigenvalue weighted by molar-refractivity contribution is 0.0713. The van der Waals surface area contributed by atoms with E-state index in [-0.39, 0.29) is 17.5 Å². The topological polar surface area (TPSA) is 64.2 Å². The maximum absolute atomic E-state index is 13.0. The second kappa shape index (κ2) is 5.51. The fourth-order valence-electron chi connectivity index (χ4n) is 3.30. The van der Waals surface area contributed by atoms with Crippen molar-refractivity contribution >= 4 is 5.91 Å². The summed E-state index contributed by atoms with van der Waals surface area (Å²) in [5.41, 5.74) is 2.27. The second-order valence-electron chi connectivity index (χ2n) is 7.25. The molecule has 1 fully saturated rings. The van der Waals surface area contributed by atoms with Crippen molar-refractivity contribution < 1.29 is 9.32 Å². The maximum atomic E-state index is 13.0. The summed E-state index contributed by atoms with van der Waals surface area (Å²) in [6, 6.07) is 1.89. The molecule has 0 N–H and O–H groups in total. The highest BCUT2D eigenvalue weighted by molar-refractivity contribution is 5.95. The molecule has 3 rings (SSSR count). The lowest BCUT2D eigenvalue weighted by atomic mass is 10.1. The number of likely N-dealkylation sites (tertiary alicyclic amines) is 1. The molecule has 1 aliphatic heterocycles. The molecule has 0 spiro atoms. The minimum Gasteiger partial charge on any atom is -0.359 e. The zero-order valence-electron chi connectivity index (χ0n) is 14.5. The Balaban J connectivity index is 1.89. The molecule has 6 heteroatoms. The van der Waals surface area contributed by atoms with E-state index in [2.05, 4.69) is 31.0 Å². The van der Waals surface area contributed by atoms with E-state index in [9.17, 15) is 4.79 Å². The van der Waals surface area contributed by atoms with Gasteiger partial charge in [0.2, 0.25) is 0 Å². The summed E-state index contributed by atoms with van der Waals surface area (Å²) in [6.45, 7) is 10.8. The molecule has 2 aromatic rings. The van der Waals surface area contributed by atoms with E-state index in [1.165, 1.54) is 0 Å². The molecule has 6 nitrogen and oxygen atoms in total. The number of hydrogen-bond acceptors (Lipinski definition) is 4. The first kappa shape index (κ1) is 15.8. The van der Waals surface area contributed by atoms with Gasteiger partial charge in [0, 0.05) is 18.3 Å². The van der Waals surface area contributed by atoms with E-state index in [0.29, 0.717) is 5.56 Å². The molecule has 23 heavy (non-hydrogen) atoms. The van der Waals surface area contributed by atoms with Crippen molar-refractivity contribution in [3.8, 4) is 0 Å². The van der Waals surface area contributed by atoms with Crippen LogP contribution in [0.25, 0.3) is 0 Å². The Hall–Kier alpha value is -2.11. The Labute approximate surface area is 136 Å². The van der Waals surface area contributed by atoms with Crippen LogP contribution in [0.5, 0.6) is 0 Å². The van der Waals surface area contributed by atoms with Gasteiger partial charge in [0.1, 0.15) is 0 Å². The molecule has 124 valence electrons. The number of hydrogen-bond donors (Lipinski definition) is 0. The van der Waals surface area contributed by atoms with Crippen molar-refractivity contribution in [2.24, 2.45) is 0 Å². The quantitative estimate of drug-likeness (QED) is 0.853. The monoisotopic (exact) mass is 316 g/mol. The standard InChI is InChI=1S/C17H24N4O2/c1-11-9-15(23-19-11)14-7-6-8-20(14)16(22)13-10-18-21(12(13)2)17(3,4)5/h9-10,14H,6-8H2,1-5H3/t14-/m1/s1. The van der Waals surface area contributed by atoms with Gasteiger partial charge in [-0.3, -0.25) is 9.48 Å². The number of amides is 1. The van der Waals surface area contributed by atoms with Crippen LogP contribution in [0.15, 0.2) is 16.8 Å². The van der Waals surface area contributed by atoms with Crippen LogP contribution in [0.3, 0.4) is 0 Å². The Morgan fingerprint density at radius 3 is 2.65 bits per heavy atom. The Morgan fingerprint density at radius 1 is 1.35 bits per heavy atom. The van der Waals surface area contributed by atoms with Crippen LogP contribution in [-0.2, 0) is 5.54 Å². The van der Waals surface area contributed by atoms with Gasteiger partial charge in [0.15, 0.2) is 5.76 Å². The lowest BCUT2D eigenvalue weighted by Gasteiger charge is -2.24. The van der Waals surface area contributed by atoms with Crippen LogP contribution in [0, 0.1) is 13.8 Å². The van der Waals surface area contributed by atoms with Gasteiger partial charge in [-0.1, -0.05) is 5.16 Å². The predicted molar refractivity (Wildman–Crippen MR) is 86.2 cm³/mol. The summed E-state index contributed by atoms with van der Waals surface area (Å²) < 4.78 is 7.30. The molecule has 1 amide bonds. The largest absolute Gasteiger partial charge is 0.359 e. The van der Waals surface area contributed by atoms with Crippen molar-refractivity contribution in [2.45, 2.75) is 59.0 Å².